The minimum absolute atomic E-state index is 0.559. The molecule has 0 fully saturated rings. The lowest BCUT2D eigenvalue weighted by molar-refractivity contribution is 0.267. The number of nitrogens with zero attached hydrogens (tertiary/aromatic N) is 1. The Kier molecular flexibility index (Phi) is 4.35. The Bertz CT molecular complexity index is 732. The highest BCUT2D eigenvalue weighted by atomic mass is 32.2. The van der Waals surface area contributed by atoms with Crippen molar-refractivity contribution in [2.24, 2.45) is 0 Å². The molecule has 1 atom stereocenters. The molecule has 114 valence electrons. The zero-order chi connectivity index (χ0) is 15.6. The number of benzene rings is 1. The molecule has 2 rings (SSSR count). The van der Waals surface area contributed by atoms with Crippen LogP contribution in [0, 0.1) is 11.6 Å². The highest BCUT2D eigenvalue weighted by Gasteiger charge is 2.25. The van der Waals surface area contributed by atoms with E-state index < -0.39 is 44.8 Å². The first-order valence-electron chi connectivity index (χ1n) is 5.95. The van der Waals surface area contributed by atoms with Crippen LogP contribution < -0.4 is 4.72 Å². The average Bonchev–Trinajstić information content (AvgIpc) is 2.92. The van der Waals surface area contributed by atoms with Crippen LogP contribution in [0.15, 0.2) is 29.4 Å². The smallest absolute Gasteiger partial charge is 0.244 e. The molecule has 0 radical (unpaired) electrons. The van der Waals surface area contributed by atoms with Crippen LogP contribution in [0.5, 0.6) is 0 Å². The van der Waals surface area contributed by atoms with E-state index in [-0.39, 0.29) is 0 Å². The number of aliphatic hydroxyl groups is 1. The van der Waals surface area contributed by atoms with Crippen molar-refractivity contribution in [3.05, 3.63) is 47.3 Å². The van der Waals surface area contributed by atoms with Crippen molar-refractivity contribution >= 4 is 10.0 Å². The second-order valence-electron chi connectivity index (χ2n) is 4.37. The van der Waals surface area contributed by atoms with Crippen molar-refractivity contribution in [3.8, 4) is 0 Å². The SMILES string of the molecule is CC(NS(=O)(=O)c1ccc(F)c(CO)c1F)c1cn[nH]c1. The van der Waals surface area contributed by atoms with Gasteiger partial charge in [0.15, 0.2) is 5.82 Å². The van der Waals surface area contributed by atoms with Crippen molar-refractivity contribution in [2.75, 3.05) is 0 Å². The predicted octanol–water partition coefficient (Wildman–Crippen LogP) is 1.22. The van der Waals surface area contributed by atoms with Gasteiger partial charge in [0.1, 0.15) is 10.7 Å². The van der Waals surface area contributed by atoms with Gasteiger partial charge in [-0.25, -0.2) is 21.9 Å². The standard InChI is InChI=1S/C12H13F2N3O3S/c1-7(8-4-15-16-5-8)17-21(19,20)11-3-2-10(13)9(6-18)12(11)14/h2-5,7,17-18H,6H2,1H3,(H,15,16). The highest BCUT2D eigenvalue weighted by Crippen LogP contribution is 2.23. The maximum atomic E-state index is 14.0. The summed E-state index contributed by atoms with van der Waals surface area (Å²) < 4.78 is 53.8. The zero-order valence-electron chi connectivity index (χ0n) is 11.0. The van der Waals surface area contributed by atoms with Gasteiger partial charge >= 0.3 is 0 Å². The van der Waals surface area contributed by atoms with E-state index >= 15 is 0 Å². The van der Waals surface area contributed by atoms with Gasteiger partial charge in [0.05, 0.1) is 18.4 Å². The van der Waals surface area contributed by atoms with Crippen LogP contribution in [0.25, 0.3) is 0 Å². The number of nitrogens with one attached hydrogen (secondary N) is 2. The lowest BCUT2D eigenvalue weighted by Gasteiger charge is -2.14. The van der Waals surface area contributed by atoms with E-state index in [1.165, 1.54) is 12.4 Å². The minimum Gasteiger partial charge on any atom is -0.391 e. The molecular formula is C12H13F2N3O3S. The molecule has 9 heteroatoms. The molecule has 1 aromatic carbocycles. The maximum absolute atomic E-state index is 14.0. The molecule has 0 spiro atoms. The molecule has 21 heavy (non-hydrogen) atoms. The number of aliphatic hydroxyl groups excluding tert-OH is 1. The van der Waals surface area contributed by atoms with Gasteiger partial charge in [-0.15, -0.1) is 0 Å². The predicted molar refractivity (Wildman–Crippen MR) is 69.6 cm³/mol. The third kappa shape index (κ3) is 3.09. The fourth-order valence-electron chi connectivity index (χ4n) is 1.79. The molecule has 0 saturated heterocycles. The normalized spacial score (nSPS) is 13.3. The molecular weight excluding hydrogens is 304 g/mol. The van der Waals surface area contributed by atoms with Crippen molar-refractivity contribution < 1.29 is 22.3 Å². The summed E-state index contributed by atoms with van der Waals surface area (Å²) in [5.74, 6) is -2.30. The van der Waals surface area contributed by atoms with E-state index in [0.717, 1.165) is 12.1 Å². The molecule has 1 heterocycles. The van der Waals surface area contributed by atoms with Crippen LogP contribution in [0.1, 0.15) is 24.1 Å². The third-order valence-corrected chi connectivity index (χ3v) is 4.51. The molecule has 0 aliphatic heterocycles. The van der Waals surface area contributed by atoms with Gasteiger partial charge in [-0.05, 0) is 19.1 Å². The molecule has 2 aromatic rings. The van der Waals surface area contributed by atoms with E-state index in [1.807, 2.05) is 0 Å². The number of hydrogen-bond donors (Lipinski definition) is 3. The summed E-state index contributed by atoms with van der Waals surface area (Å²) in [6, 6.07) is 0.954. The number of aromatic amines is 1. The molecule has 0 aliphatic rings. The molecule has 0 aliphatic carbocycles. The van der Waals surface area contributed by atoms with E-state index in [0.29, 0.717) is 5.56 Å². The summed E-state index contributed by atoms with van der Waals surface area (Å²) in [6.45, 7) is 0.620. The summed E-state index contributed by atoms with van der Waals surface area (Å²) in [7, 11) is -4.21. The van der Waals surface area contributed by atoms with Gasteiger partial charge in [-0.1, -0.05) is 0 Å². The second-order valence-corrected chi connectivity index (χ2v) is 6.05. The Hall–Kier alpha value is -1.84. The number of halogens is 2. The molecule has 3 N–H and O–H groups in total. The van der Waals surface area contributed by atoms with Crippen LogP contribution in [-0.2, 0) is 16.6 Å². The summed E-state index contributed by atoms with van der Waals surface area (Å²) >= 11 is 0. The first kappa shape index (κ1) is 15.5. The Morgan fingerprint density at radius 2 is 2.14 bits per heavy atom. The fourth-order valence-corrected chi connectivity index (χ4v) is 3.13. The Morgan fingerprint density at radius 3 is 2.71 bits per heavy atom. The van der Waals surface area contributed by atoms with Crippen LogP contribution in [-0.4, -0.2) is 23.7 Å². The van der Waals surface area contributed by atoms with Gasteiger partial charge in [-0.2, -0.15) is 5.10 Å². The van der Waals surface area contributed by atoms with E-state index in [2.05, 4.69) is 14.9 Å². The van der Waals surface area contributed by atoms with Gasteiger partial charge < -0.3 is 5.11 Å². The molecule has 0 saturated carbocycles. The number of rotatable bonds is 5. The number of aromatic nitrogens is 2. The first-order valence-corrected chi connectivity index (χ1v) is 7.44. The van der Waals surface area contributed by atoms with Crippen molar-refractivity contribution in [3.63, 3.8) is 0 Å². The minimum atomic E-state index is -4.21. The van der Waals surface area contributed by atoms with Gasteiger partial charge in [0.25, 0.3) is 0 Å². The summed E-state index contributed by atoms with van der Waals surface area (Å²) in [4.78, 5) is -0.719. The molecule has 0 bridgehead atoms. The number of H-pyrrole nitrogens is 1. The third-order valence-electron chi connectivity index (χ3n) is 2.95. The van der Waals surface area contributed by atoms with Crippen LogP contribution >= 0.6 is 0 Å². The molecule has 1 aromatic heterocycles. The molecule has 0 amide bonds. The number of hydrogen-bond acceptors (Lipinski definition) is 4. The van der Waals surface area contributed by atoms with Crippen molar-refractivity contribution in [2.45, 2.75) is 24.5 Å². The van der Waals surface area contributed by atoms with Gasteiger partial charge in [0.2, 0.25) is 10.0 Å². The van der Waals surface area contributed by atoms with E-state index in [1.54, 1.807) is 6.92 Å². The lowest BCUT2D eigenvalue weighted by atomic mass is 10.2. The summed E-state index contributed by atoms with van der Waals surface area (Å²) in [5, 5.41) is 15.1. The quantitative estimate of drug-likeness (QED) is 0.773. The largest absolute Gasteiger partial charge is 0.391 e. The Labute approximate surface area is 119 Å². The lowest BCUT2D eigenvalue weighted by Crippen LogP contribution is -2.28. The average molecular weight is 317 g/mol. The first-order chi connectivity index (χ1) is 9.86. The topological polar surface area (TPSA) is 95.1 Å². The Morgan fingerprint density at radius 1 is 1.43 bits per heavy atom. The van der Waals surface area contributed by atoms with Crippen molar-refractivity contribution in [1.29, 1.82) is 0 Å². The van der Waals surface area contributed by atoms with Crippen molar-refractivity contribution in [1.82, 2.24) is 14.9 Å². The van der Waals surface area contributed by atoms with E-state index in [9.17, 15) is 17.2 Å². The Balaban J connectivity index is 2.36. The molecule has 1 unspecified atom stereocenters. The molecule has 6 nitrogen and oxygen atoms in total. The monoisotopic (exact) mass is 317 g/mol. The van der Waals surface area contributed by atoms with E-state index in [4.69, 9.17) is 5.11 Å². The fraction of sp³-hybridized carbons (Fsp3) is 0.250. The van der Waals surface area contributed by atoms with Crippen LogP contribution in [0.4, 0.5) is 8.78 Å². The summed E-state index contributed by atoms with van der Waals surface area (Å²) in [5.41, 5.74) is -0.127. The maximum Gasteiger partial charge on any atom is 0.244 e. The van der Waals surface area contributed by atoms with Crippen LogP contribution in [0.2, 0.25) is 0 Å². The van der Waals surface area contributed by atoms with Gasteiger partial charge in [-0.3, -0.25) is 5.10 Å². The summed E-state index contributed by atoms with van der Waals surface area (Å²) in [6.07, 6.45) is 2.92. The van der Waals surface area contributed by atoms with Gasteiger partial charge in [0, 0.05) is 17.8 Å². The number of sulfonamides is 1. The van der Waals surface area contributed by atoms with Crippen LogP contribution in [0.3, 0.4) is 0 Å². The second kappa shape index (κ2) is 5.88. The zero-order valence-corrected chi connectivity index (χ0v) is 11.8. The highest BCUT2D eigenvalue weighted by molar-refractivity contribution is 7.89.